The van der Waals surface area contributed by atoms with E-state index in [4.69, 9.17) is 0 Å². The maximum atomic E-state index is 13.9. The molecule has 1 aliphatic carbocycles. The van der Waals surface area contributed by atoms with Crippen molar-refractivity contribution in [3.63, 3.8) is 0 Å². The van der Waals surface area contributed by atoms with E-state index in [1.54, 1.807) is 6.07 Å². The molecule has 15 heavy (non-hydrogen) atoms. The van der Waals surface area contributed by atoms with E-state index in [-0.39, 0.29) is 5.82 Å². The molecule has 0 aromatic heterocycles. The van der Waals surface area contributed by atoms with Crippen LogP contribution in [0.3, 0.4) is 0 Å². The van der Waals surface area contributed by atoms with Crippen LogP contribution in [0.25, 0.3) is 0 Å². The van der Waals surface area contributed by atoms with E-state index < -0.39 is 0 Å². The second-order valence-electron chi connectivity index (χ2n) is 4.69. The van der Waals surface area contributed by atoms with Gasteiger partial charge in [0.1, 0.15) is 5.82 Å². The summed E-state index contributed by atoms with van der Waals surface area (Å²) in [6.45, 7) is 1.97. The van der Waals surface area contributed by atoms with Crippen molar-refractivity contribution in [3.05, 3.63) is 34.6 Å². The van der Waals surface area contributed by atoms with Gasteiger partial charge >= 0.3 is 0 Å². The fraction of sp³-hybridized carbons (Fsp3) is 0.538. The van der Waals surface area contributed by atoms with Crippen molar-refractivity contribution in [2.75, 3.05) is 13.1 Å². The fourth-order valence-electron chi connectivity index (χ4n) is 2.85. The van der Waals surface area contributed by atoms with Crippen molar-refractivity contribution in [3.8, 4) is 0 Å². The largest absolute Gasteiger partial charge is 0.316 e. The summed E-state index contributed by atoms with van der Waals surface area (Å²) >= 11 is 0. The van der Waals surface area contributed by atoms with E-state index in [0.29, 0.717) is 5.92 Å². The predicted octanol–water partition coefficient (Wildman–Crippen LogP) is 2.39. The number of fused-ring (bicyclic) bond motifs is 1. The van der Waals surface area contributed by atoms with Gasteiger partial charge in [-0.25, -0.2) is 4.39 Å². The van der Waals surface area contributed by atoms with Crippen LogP contribution in [0.15, 0.2) is 12.1 Å². The highest BCUT2D eigenvalue weighted by Crippen LogP contribution is 2.31. The SMILES string of the molecule is Fc1cc2c(cc1C1CCNC1)CCC2. The molecule has 1 aliphatic heterocycles. The molecule has 1 nitrogen and oxygen atoms in total. The highest BCUT2D eigenvalue weighted by Gasteiger charge is 2.22. The Labute approximate surface area is 89.7 Å². The van der Waals surface area contributed by atoms with Crippen molar-refractivity contribution in [2.45, 2.75) is 31.6 Å². The molecule has 1 fully saturated rings. The number of nitrogens with one attached hydrogen (secondary N) is 1. The molecular formula is C13H16FN. The van der Waals surface area contributed by atoms with Crippen LogP contribution in [-0.2, 0) is 12.8 Å². The zero-order valence-corrected chi connectivity index (χ0v) is 8.85. The van der Waals surface area contributed by atoms with Gasteiger partial charge in [0.25, 0.3) is 0 Å². The Morgan fingerprint density at radius 3 is 2.73 bits per heavy atom. The van der Waals surface area contributed by atoms with Crippen molar-refractivity contribution < 1.29 is 4.39 Å². The topological polar surface area (TPSA) is 12.0 Å². The number of benzene rings is 1. The molecule has 1 saturated heterocycles. The third kappa shape index (κ3) is 1.57. The highest BCUT2D eigenvalue weighted by atomic mass is 19.1. The molecule has 0 radical (unpaired) electrons. The van der Waals surface area contributed by atoms with Gasteiger partial charge in [0.05, 0.1) is 0 Å². The maximum Gasteiger partial charge on any atom is 0.127 e. The standard InChI is InChI=1S/C13H16FN/c14-13-7-10-3-1-2-9(10)6-12(13)11-4-5-15-8-11/h6-7,11,15H,1-5,8H2. The Bertz CT molecular complexity index is 380. The minimum Gasteiger partial charge on any atom is -0.316 e. The minimum atomic E-state index is 0.0179. The van der Waals surface area contributed by atoms with Crippen LogP contribution >= 0.6 is 0 Å². The normalized spacial score (nSPS) is 24.5. The quantitative estimate of drug-likeness (QED) is 0.742. The van der Waals surface area contributed by atoms with Gasteiger partial charge in [-0.2, -0.15) is 0 Å². The van der Waals surface area contributed by atoms with E-state index >= 15 is 0 Å². The van der Waals surface area contributed by atoms with Crippen LogP contribution in [0.1, 0.15) is 35.4 Å². The monoisotopic (exact) mass is 205 g/mol. The predicted molar refractivity (Wildman–Crippen MR) is 58.7 cm³/mol. The van der Waals surface area contributed by atoms with E-state index in [1.165, 1.54) is 17.5 Å². The summed E-state index contributed by atoms with van der Waals surface area (Å²) in [5, 5.41) is 3.30. The second-order valence-corrected chi connectivity index (χ2v) is 4.69. The number of halogens is 1. The molecule has 1 atom stereocenters. The molecule has 1 aromatic carbocycles. The Kier molecular flexibility index (Phi) is 2.24. The Hall–Kier alpha value is -0.890. The van der Waals surface area contributed by atoms with Crippen molar-refractivity contribution in [1.82, 2.24) is 5.32 Å². The number of hydrogen-bond donors (Lipinski definition) is 1. The third-order valence-electron chi connectivity index (χ3n) is 3.71. The zero-order chi connectivity index (χ0) is 10.3. The lowest BCUT2D eigenvalue weighted by Crippen LogP contribution is -2.09. The molecule has 2 heteroatoms. The Balaban J connectivity index is 2.00. The third-order valence-corrected chi connectivity index (χ3v) is 3.71. The molecule has 1 aromatic rings. The van der Waals surface area contributed by atoms with Gasteiger partial charge in [0.2, 0.25) is 0 Å². The number of aryl methyl sites for hydroxylation is 2. The van der Waals surface area contributed by atoms with Crippen LogP contribution in [0.4, 0.5) is 4.39 Å². The van der Waals surface area contributed by atoms with Crippen LogP contribution in [0.2, 0.25) is 0 Å². The lowest BCUT2D eigenvalue weighted by molar-refractivity contribution is 0.586. The van der Waals surface area contributed by atoms with Crippen LogP contribution < -0.4 is 5.32 Å². The van der Waals surface area contributed by atoms with Gasteiger partial charge in [-0.05, 0) is 55.0 Å². The summed E-state index contributed by atoms with van der Waals surface area (Å²) in [6.07, 6.45) is 4.48. The lowest BCUT2D eigenvalue weighted by atomic mass is 9.94. The fourth-order valence-corrected chi connectivity index (χ4v) is 2.85. The molecule has 3 rings (SSSR count). The van der Waals surface area contributed by atoms with Crippen molar-refractivity contribution in [1.29, 1.82) is 0 Å². The van der Waals surface area contributed by atoms with Gasteiger partial charge in [-0.15, -0.1) is 0 Å². The highest BCUT2D eigenvalue weighted by molar-refractivity contribution is 5.38. The molecule has 1 unspecified atom stereocenters. The van der Waals surface area contributed by atoms with Gasteiger partial charge in [-0.3, -0.25) is 0 Å². The summed E-state index contributed by atoms with van der Waals surface area (Å²) in [4.78, 5) is 0. The van der Waals surface area contributed by atoms with Gasteiger partial charge in [0.15, 0.2) is 0 Å². The first-order chi connectivity index (χ1) is 7.34. The van der Waals surface area contributed by atoms with E-state index in [0.717, 1.165) is 37.9 Å². The first-order valence-corrected chi connectivity index (χ1v) is 5.86. The van der Waals surface area contributed by atoms with E-state index in [2.05, 4.69) is 11.4 Å². The van der Waals surface area contributed by atoms with E-state index in [1.807, 2.05) is 0 Å². The molecule has 80 valence electrons. The minimum absolute atomic E-state index is 0.0179. The lowest BCUT2D eigenvalue weighted by Gasteiger charge is -2.12. The summed E-state index contributed by atoms with van der Waals surface area (Å²) < 4.78 is 13.9. The molecule has 0 spiro atoms. The summed E-state index contributed by atoms with van der Waals surface area (Å²) in [6, 6.07) is 3.89. The van der Waals surface area contributed by atoms with Crippen LogP contribution in [-0.4, -0.2) is 13.1 Å². The van der Waals surface area contributed by atoms with Crippen LogP contribution in [0.5, 0.6) is 0 Å². The molecular weight excluding hydrogens is 189 g/mol. The average Bonchev–Trinajstić information content (AvgIpc) is 2.85. The van der Waals surface area contributed by atoms with Crippen LogP contribution in [0, 0.1) is 5.82 Å². The number of rotatable bonds is 1. The molecule has 2 aliphatic rings. The zero-order valence-electron chi connectivity index (χ0n) is 8.85. The molecule has 1 heterocycles. The molecule has 0 bridgehead atoms. The molecule has 0 amide bonds. The number of hydrogen-bond acceptors (Lipinski definition) is 1. The van der Waals surface area contributed by atoms with Gasteiger partial charge < -0.3 is 5.32 Å². The van der Waals surface area contributed by atoms with E-state index in [9.17, 15) is 4.39 Å². The first-order valence-electron chi connectivity index (χ1n) is 5.86. The maximum absolute atomic E-state index is 13.9. The smallest absolute Gasteiger partial charge is 0.127 e. The Morgan fingerprint density at radius 1 is 1.20 bits per heavy atom. The Morgan fingerprint density at radius 2 is 2.00 bits per heavy atom. The van der Waals surface area contributed by atoms with Gasteiger partial charge in [0, 0.05) is 12.5 Å². The summed E-state index contributed by atoms with van der Waals surface area (Å²) in [5.41, 5.74) is 3.57. The molecule has 0 saturated carbocycles. The second kappa shape index (κ2) is 3.60. The molecule has 1 N–H and O–H groups in total. The van der Waals surface area contributed by atoms with Gasteiger partial charge in [-0.1, -0.05) is 6.07 Å². The average molecular weight is 205 g/mol. The summed E-state index contributed by atoms with van der Waals surface area (Å²) in [5.74, 6) is 0.417. The summed E-state index contributed by atoms with van der Waals surface area (Å²) in [7, 11) is 0. The van der Waals surface area contributed by atoms with Crippen molar-refractivity contribution in [2.24, 2.45) is 0 Å². The first kappa shape index (κ1) is 9.34. The van der Waals surface area contributed by atoms with Crippen molar-refractivity contribution >= 4 is 0 Å².